The molecule has 4 rings (SSSR count). The van der Waals surface area contributed by atoms with Crippen molar-refractivity contribution in [1.82, 2.24) is 20.3 Å². The van der Waals surface area contributed by atoms with Crippen LogP contribution in [0.25, 0.3) is 22.3 Å². The molecule has 8 heteroatoms. The number of rotatable bonds is 5. The molecule has 3 aromatic rings. The molecule has 8 nitrogen and oxygen atoms in total. The molecule has 138 valence electrons. The molecule has 4 N–H and O–H groups in total. The third-order valence-electron chi connectivity index (χ3n) is 4.35. The second-order valence-electron chi connectivity index (χ2n) is 6.46. The van der Waals surface area contributed by atoms with Gasteiger partial charge < -0.3 is 15.6 Å². The summed E-state index contributed by atoms with van der Waals surface area (Å²) in [5.41, 5.74) is 2.93. The maximum absolute atomic E-state index is 12.1. The fraction of sp³-hybridized carbons (Fsp3) is 0.263. The average Bonchev–Trinajstić information content (AvgIpc) is 3.40. The Morgan fingerprint density at radius 3 is 2.59 bits per heavy atom. The molecule has 0 radical (unpaired) electrons. The molecule has 2 heterocycles. The van der Waals surface area contributed by atoms with E-state index >= 15 is 0 Å². The Bertz CT molecular complexity index is 991. The maximum atomic E-state index is 12.1. The number of nitrogens with zero attached hydrogens (tertiary/aromatic N) is 2. The normalized spacial score (nSPS) is 13.4. The van der Waals surface area contributed by atoms with Crippen LogP contribution in [0.15, 0.2) is 36.5 Å². The van der Waals surface area contributed by atoms with Gasteiger partial charge in [0.15, 0.2) is 0 Å². The molecule has 1 aliphatic rings. The van der Waals surface area contributed by atoms with Crippen molar-refractivity contribution in [2.45, 2.75) is 19.8 Å². The summed E-state index contributed by atoms with van der Waals surface area (Å²) in [6.45, 7) is 2.42. The van der Waals surface area contributed by atoms with E-state index in [0.717, 1.165) is 29.5 Å². The van der Waals surface area contributed by atoms with E-state index in [9.17, 15) is 9.59 Å². The number of aromatic amines is 1. The summed E-state index contributed by atoms with van der Waals surface area (Å²) >= 11 is 0. The van der Waals surface area contributed by atoms with Gasteiger partial charge in [-0.05, 0) is 38.0 Å². The Morgan fingerprint density at radius 1 is 1.11 bits per heavy atom. The number of aromatic nitrogens is 3. The van der Waals surface area contributed by atoms with Crippen molar-refractivity contribution < 1.29 is 9.59 Å². The number of anilines is 2. The van der Waals surface area contributed by atoms with E-state index in [1.165, 1.54) is 0 Å². The second kappa shape index (κ2) is 7.06. The molecule has 1 saturated carbocycles. The van der Waals surface area contributed by atoms with Gasteiger partial charge in [-0.15, -0.1) is 0 Å². The van der Waals surface area contributed by atoms with E-state index < -0.39 is 0 Å². The summed E-state index contributed by atoms with van der Waals surface area (Å²) in [5.74, 6) is 0.339. The van der Waals surface area contributed by atoms with Crippen molar-refractivity contribution in [3.63, 3.8) is 0 Å². The van der Waals surface area contributed by atoms with Crippen LogP contribution in [0.3, 0.4) is 0 Å². The molecule has 2 aromatic heterocycles. The van der Waals surface area contributed by atoms with E-state index in [1.807, 2.05) is 37.3 Å². The number of nitrogens with one attached hydrogen (secondary N) is 4. The van der Waals surface area contributed by atoms with Gasteiger partial charge in [-0.1, -0.05) is 12.1 Å². The van der Waals surface area contributed by atoms with Gasteiger partial charge in [-0.25, -0.2) is 9.78 Å². The average molecular weight is 364 g/mol. The molecule has 0 bridgehead atoms. The summed E-state index contributed by atoms with van der Waals surface area (Å²) in [6, 6.07) is 9.04. The summed E-state index contributed by atoms with van der Waals surface area (Å²) in [7, 11) is 0. The SMILES string of the molecule is CCNC(=O)Nc1ccc(-c2nc(NC(=O)C3CC3)nc3[nH]ccc23)cc1. The van der Waals surface area contributed by atoms with Crippen molar-refractivity contribution >= 4 is 34.6 Å². The summed E-state index contributed by atoms with van der Waals surface area (Å²) in [5, 5.41) is 9.12. The fourth-order valence-electron chi connectivity index (χ4n) is 2.82. The van der Waals surface area contributed by atoms with Crippen LogP contribution in [0.4, 0.5) is 16.4 Å². The zero-order valence-electron chi connectivity index (χ0n) is 14.9. The second-order valence-corrected chi connectivity index (χ2v) is 6.46. The number of hydrogen-bond acceptors (Lipinski definition) is 4. The topological polar surface area (TPSA) is 112 Å². The molecule has 0 saturated heterocycles. The summed E-state index contributed by atoms with van der Waals surface area (Å²) in [6.07, 6.45) is 3.63. The third kappa shape index (κ3) is 3.74. The van der Waals surface area contributed by atoms with Gasteiger partial charge in [0.25, 0.3) is 0 Å². The zero-order chi connectivity index (χ0) is 18.8. The molecular formula is C19H20N6O2. The third-order valence-corrected chi connectivity index (χ3v) is 4.35. The van der Waals surface area contributed by atoms with E-state index in [0.29, 0.717) is 23.8 Å². The van der Waals surface area contributed by atoms with E-state index in [2.05, 4.69) is 30.9 Å². The molecule has 0 spiro atoms. The van der Waals surface area contributed by atoms with Crippen molar-refractivity contribution in [2.75, 3.05) is 17.2 Å². The molecular weight excluding hydrogens is 344 g/mol. The number of hydrogen-bond donors (Lipinski definition) is 4. The Balaban J connectivity index is 1.62. The Morgan fingerprint density at radius 2 is 1.89 bits per heavy atom. The summed E-state index contributed by atoms with van der Waals surface area (Å²) in [4.78, 5) is 35.7. The maximum Gasteiger partial charge on any atom is 0.319 e. The number of H-pyrrole nitrogens is 1. The number of amides is 3. The number of urea groups is 1. The number of carbonyl (C=O) groups excluding carboxylic acids is 2. The lowest BCUT2D eigenvalue weighted by Crippen LogP contribution is -2.28. The van der Waals surface area contributed by atoms with Crippen LogP contribution >= 0.6 is 0 Å². The molecule has 1 aromatic carbocycles. The van der Waals surface area contributed by atoms with E-state index in [4.69, 9.17) is 0 Å². The fourth-order valence-corrected chi connectivity index (χ4v) is 2.82. The predicted molar refractivity (Wildman–Crippen MR) is 103 cm³/mol. The van der Waals surface area contributed by atoms with Gasteiger partial charge in [0.2, 0.25) is 11.9 Å². The highest BCUT2D eigenvalue weighted by Gasteiger charge is 2.30. The highest BCUT2D eigenvalue weighted by molar-refractivity contribution is 5.96. The lowest BCUT2D eigenvalue weighted by Gasteiger charge is -2.09. The predicted octanol–water partition coefficient (Wildman–Crippen LogP) is 3.11. The van der Waals surface area contributed by atoms with Gasteiger partial charge in [0, 0.05) is 35.3 Å². The van der Waals surface area contributed by atoms with Gasteiger partial charge in [0.05, 0.1) is 5.69 Å². The monoisotopic (exact) mass is 364 g/mol. The Labute approximate surface area is 155 Å². The highest BCUT2D eigenvalue weighted by Crippen LogP contribution is 2.31. The van der Waals surface area contributed by atoms with Crippen LogP contribution in [-0.4, -0.2) is 33.4 Å². The van der Waals surface area contributed by atoms with Gasteiger partial charge in [-0.3, -0.25) is 10.1 Å². The van der Waals surface area contributed by atoms with E-state index in [1.54, 1.807) is 6.20 Å². The minimum atomic E-state index is -0.245. The van der Waals surface area contributed by atoms with Crippen molar-refractivity contribution in [1.29, 1.82) is 0 Å². The van der Waals surface area contributed by atoms with Crippen LogP contribution in [0.5, 0.6) is 0 Å². The smallest absolute Gasteiger partial charge is 0.319 e. The Hall–Kier alpha value is -3.42. The summed E-state index contributed by atoms with van der Waals surface area (Å²) < 4.78 is 0. The standard InChI is InChI=1S/C19H20N6O2/c1-2-20-19(27)22-13-7-5-11(6-8-13)15-14-9-10-21-16(14)24-18(23-15)25-17(26)12-3-4-12/h5-10,12H,2-4H2,1H3,(H2,20,22,27)(H2,21,23,24,25,26). The van der Waals surface area contributed by atoms with Crippen LogP contribution in [0.1, 0.15) is 19.8 Å². The Kier molecular flexibility index (Phi) is 4.45. The molecule has 3 amide bonds. The zero-order valence-corrected chi connectivity index (χ0v) is 14.9. The first-order valence-electron chi connectivity index (χ1n) is 8.95. The highest BCUT2D eigenvalue weighted by atomic mass is 16.2. The van der Waals surface area contributed by atoms with Crippen molar-refractivity contribution in [3.8, 4) is 11.3 Å². The van der Waals surface area contributed by atoms with E-state index in [-0.39, 0.29) is 17.9 Å². The molecule has 0 atom stereocenters. The molecule has 27 heavy (non-hydrogen) atoms. The van der Waals surface area contributed by atoms with Crippen molar-refractivity contribution in [3.05, 3.63) is 36.5 Å². The quantitative estimate of drug-likeness (QED) is 0.557. The molecule has 1 aliphatic carbocycles. The largest absolute Gasteiger partial charge is 0.346 e. The lowest BCUT2D eigenvalue weighted by atomic mass is 10.1. The van der Waals surface area contributed by atoms with Crippen molar-refractivity contribution in [2.24, 2.45) is 5.92 Å². The van der Waals surface area contributed by atoms with Crippen LogP contribution in [0.2, 0.25) is 0 Å². The first kappa shape index (κ1) is 17.0. The van der Waals surface area contributed by atoms with Gasteiger partial charge in [-0.2, -0.15) is 4.98 Å². The minimum Gasteiger partial charge on any atom is -0.346 e. The molecule has 1 fully saturated rings. The first-order valence-corrected chi connectivity index (χ1v) is 8.95. The lowest BCUT2D eigenvalue weighted by molar-refractivity contribution is -0.117. The van der Waals surface area contributed by atoms with Crippen LogP contribution < -0.4 is 16.0 Å². The van der Waals surface area contributed by atoms with Crippen LogP contribution in [0, 0.1) is 5.92 Å². The van der Waals surface area contributed by atoms with Gasteiger partial charge >= 0.3 is 6.03 Å². The van der Waals surface area contributed by atoms with Crippen LogP contribution in [-0.2, 0) is 4.79 Å². The van der Waals surface area contributed by atoms with Gasteiger partial charge in [0.1, 0.15) is 5.65 Å². The molecule has 0 aliphatic heterocycles. The number of carbonyl (C=O) groups is 2. The molecule has 0 unspecified atom stereocenters. The number of fused-ring (bicyclic) bond motifs is 1. The minimum absolute atomic E-state index is 0.0339. The number of benzene rings is 1. The first-order chi connectivity index (χ1) is 13.1.